The first-order chi connectivity index (χ1) is 16.9. The minimum Gasteiger partial charge on any atom is -0.496 e. The molecule has 0 aromatic heterocycles. The predicted molar refractivity (Wildman–Crippen MR) is 139 cm³/mol. The summed E-state index contributed by atoms with van der Waals surface area (Å²) >= 11 is 0. The summed E-state index contributed by atoms with van der Waals surface area (Å²) in [7, 11) is 3.38. The van der Waals surface area contributed by atoms with Gasteiger partial charge in [-0.3, -0.25) is 0 Å². The van der Waals surface area contributed by atoms with E-state index in [1.807, 2.05) is 0 Å². The average molecular weight is 478 g/mol. The van der Waals surface area contributed by atoms with Crippen LogP contribution in [0.3, 0.4) is 0 Å². The lowest BCUT2D eigenvalue weighted by Gasteiger charge is -2.21. The minimum atomic E-state index is 0.422. The molecule has 0 radical (unpaired) electrons. The molecular formula is C29H35NO5. The highest BCUT2D eigenvalue weighted by molar-refractivity contribution is 5.93. The molecular weight excluding hydrogens is 442 g/mol. The Morgan fingerprint density at radius 1 is 0.571 bits per heavy atom. The van der Waals surface area contributed by atoms with E-state index in [1.54, 1.807) is 14.2 Å². The summed E-state index contributed by atoms with van der Waals surface area (Å²) < 4.78 is 29.3. The number of anilines is 1. The van der Waals surface area contributed by atoms with E-state index in [1.165, 1.54) is 0 Å². The molecule has 0 unspecified atom stereocenters. The van der Waals surface area contributed by atoms with Gasteiger partial charge >= 0.3 is 0 Å². The fraction of sp³-hybridized carbons (Fsp3) is 0.379. The zero-order chi connectivity index (χ0) is 24.9. The number of nitrogens with two attached hydrogens (primary N) is 1. The van der Waals surface area contributed by atoms with Crippen LogP contribution in [0.25, 0.3) is 22.3 Å². The number of methoxy groups -OCH3 is 2. The zero-order valence-electron chi connectivity index (χ0n) is 21.3. The van der Waals surface area contributed by atoms with Gasteiger partial charge in [0.2, 0.25) is 0 Å². The molecule has 2 N–H and O–H groups in total. The lowest BCUT2D eigenvalue weighted by atomic mass is 9.90. The molecule has 6 nitrogen and oxygen atoms in total. The Kier molecular flexibility index (Phi) is 7.96. The van der Waals surface area contributed by atoms with Crippen LogP contribution in [0.15, 0.2) is 36.4 Å². The summed E-state index contributed by atoms with van der Waals surface area (Å²) in [6.07, 6.45) is 0. The van der Waals surface area contributed by atoms with Gasteiger partial charge in [0.05, 0.1) is 53.9 Å². The molecule has 0 fully saturated rings. The molecule has 3 aromatic rings. The molecule has 0 amide bonds. The van der Waals surface area contributed by atoms with E-state index < -0.39 is 0 Å². The van der Waals surface area contributed by atoms with E-state index in [4.69, 9.17) is 29.4 Å². The highest BCUT2D eigenvalue weighted by Crippen LogP contribution is 2.45. The first-order valence-electron chi connectivity index (χ1n) is 11.9. The van der Waals surface area contributed by atoms with E-state index >= 15 is 0 Å². The first-order valence-corrected chi connectivity index (χ1v) is 11.9. The first kappa shape index (κ1) is 25.0. The zero-order valence-corrected chi connectivity index (χ0v) is 21.3. The Hall–Kier alpha value is -3.06. The summed E-state index contributed by atoms with van der Waals surface area (Å²) in [6, 6.07) is 12.6. The number of benzene rings is 3. The third-order valence-electron chi connectivity index (χ3n) is 6.19. The van der Waals surface area contributed by atoms with Crippen molar-refractivity contribution in [3.8, 4) is 33.8 Å². The van der Waals surface area contributed by atoms with E-state index in [-0.39, 0.29) is 0 Å². The molecule has 1 aliphatic rings. The second kappa shape index (κ2) is 11.1. The van der Waals surface area contributed by atoms with Gasteiger partial charge in [-0.2, -0.15) is 0 Å². The largest absolute Gasteiger partial charge is 0.496 e. The van der Waals surface area contributed by atoms with Crippen LogP contribution < -0.4 is 15.2 Å². The molecule has 1 aliphatic heterocycles. The van der Waals surface area contributed by atoms with Crippen LogP contribution in [-0.4, -0.2) is 40.6 Å². The Bertz CT molecular complexity index is 1120. The Morgan fingerprint density at radius 3 is 1.37 bits per heavy atom. The van der Waals surface area contributed by atoms with Gasteiger partial charge in [-0.05, 0) is 61.7 Å². The molecule has 0 spiro atoms. The van der Waals surface area contributed by atoms with Crippen LogP contribution in [0.5, 0.6) is 11.5 Å². The van der Waals surface area contributed by atoms with Gasteiger partial charge in [0, 0.05) is 39.1 Å². The van der Waals surface area contributed by atoms with Crippen LogP contribution >= 0.6 is 0 Å². The van der Waals surface area contributed by atoms with Gasteiger partial charge < -0.3 is 29.4 Å². The number of rotatable bonds is 2. The van der Waals surface area contributed by atoms with Crippen molar-refractivity contribution in [3.63, 3.8) is 0 Å². The van der Waals surface area contributed by atoms with E-state index in [2.05, 4.69) is 57.2 Å². The molecule has 0 aliphatic carbocycles. The van der Waals surface area contributed by atoms with Gasteiger partial charge in [0.15, 0.2) is 0 Å². The third-order valence-corrected chi connectivity index (χ3v) is 6.19. The summed E-state index contributed by atoms with van der Waals surface area (Å²) in [5, 5.41) is 0. The van der Waals surface area contributed by atoms with Crippen molar-refractivity contribution in [3.05, 3.63) is 64.2 Å². The summed E-state index contributed by atoms with van der Waals surface area (Å²) in [5.41, 5.74) is 16.6. The second-order valence-electron chi connectivity index (χ2n) is 9.00. The molecule has 6 bridgehead atoms. The normalized spacial score (nSPS) is 14.7. The number of aryl methyl sites for hydroxylation is 3. The van der Waals surface area contributed by atoms with Crippen molar-refractivity contribution >= 4 is 5.69 Å². The van der Waals surface area contributed by atoms with Gasteiger partial charge in [-0.25, -0.2) is 0 Å². The number of ether oxygens (including phenoxy) is 5. The van der Waals surface area contributed by atoms with E-state index in [9.17, 15) is 0 Å². The Balaban J connectivity index is 1.97. The van der Waals surface area contributed by atoms with Crippen LogP contribution in [0, 0.1) is 20.8 Å². The van der Waals surface area contributed by atoms with E-state index in [0.29, 0.717) is 45.3 Å². The average Bonchev–Trinajstić information content (AvgIpc) is 2.83. The van der Waals surface area contributed by atoms with Crippen molar-refractivity contribution in [2.24, 2.45) is 0 Å². The van der Waals surface area contributed by atoms with Gasteiger partial charge in [-0.1, -0.05) is 12.1 Å². The Labute approximate surface area is 207 Å². The fourth-order valence-corrected chi connectivity index (χ4v) is 4.74. The molecule has 0 saturated heterocycles. The smallest absolute Gasteiger partial charge is 0.132 e. The highest BCUT2D eigenvalue weighted by atomic mass is 16.5. The number of hydrogen-bond donors (Lipinski definition) is 1. The van der Waals surface area contributed by atoms with Gasteiger partial charge in [0.25, 0.3) is 0 Å². The molecule has 6 heteroatoms. The highest BCUT2D eigenvalue weighted by Gasteiger charge is 2.21. The van der Waals surface area contributed by atoms with Crippen LogP contribution in [0.2, 0.25) is 0 Å². The molecule has 0 atom stereocenters. The van der Waals surface area contributed by atoms with Crippen LogP contribution in [0.4, 0.5) is 5.69 Å². The van der Waals surface area contributed by atoms with Crippen molar-refractivity contribution in [1.82, 2.24) is 0 Å². The maximum Gasteiger partial charge on any atom is 0.132 e. The number of nitrogen functional groups attached to an aromatic ring is 1. The molecule has 186 valence electrons. The van der Waals surface area contributed by atoms with Gasteiger partial charge in [0.1, 0.15) is 11.5 Å². The summed E-state index contributed by atoms with van der Waals surface area (Å²) in [6.45, 7) is 9.03. The summed E-state index contributed by atoms with van der Waals surface area (Å²) in [5.74, 6) is 1.54. The third kappa shape index (κ3) is 5.45. The summed E-state index contributed by atoms with van der Waals surface area (Å²) in [4.78, 5) is 0. The Morgan fingerprint density at radius 2 is 0.943 bits per heavy atom. The maximum absolute atomic E-state index is 6.90. The quantitative estimate of drug-likeness (QED) is 0.484. The lowest BCUT2D eigenvalue weighted by molar-refractivity contribution is 0.00653. The van der Waals surface area contributed by atoms with Crippen molar-refractivity contribution < 1.29 is 23.7 Å². The van der Waals surface area contributed by atoms with E-state index in [0.717, 1.165) is 61.6 Å². The monoisotopic (exact) mass is 477 g/mol. The number of fused-ring (bicyclic) bond motifs is 8. The lowest BCUT2D eigenvalue weighted by Crippen LogP contribution is -2.10. The van der Waals surface area contributed by atoms with Gasteiger partial charge in [-0.15, -0.1) is 0 Å². The number of hydrogen-bond acceptors (Lipinski definition) is 6. The predicted octanol–water partition coefficient (Wildman–Crippen LogP) is 5.61. The minimum absolute atomic E-state index is 0.422. The fourth-order valence-electron chi connectivity index (χ4n) is 4.74. The molecule has 3 aromatic carbocycles. The van der Waals surface area contributed by atoms with Crippen molar-refractivity contribution in [2.45, 2.75) is 34.0 Å². The second-order valence-corrected chi connectivity index (χ2v) is 9.00. The maximum atomic E-state index is 6.90. The molecule has 35 heavy (non-hydrogen) atoms. The van der Waals surface area contributed by atoms with Crippen LogP contribution in [0.1, 0.15) is 27.8 Å². The van der Waals surface area contributed by atoms with Crippen molar-refractivity contribution in [2.75, 3.05) is 46.4 Å². The standard InChI is InChI=1S/C29H35NO5/c1-18-10-21-16-34-8-6-33-7-9-35-17-22-11-19(2)15-26(29(22)32-5)24-13-20(3)12-23(27(24)30)25(14-18)28(21)31-4/h10-15H,6-9,16-17,30H2,1-5H3. The topological polar surface area (TPSA) is 72.2 Å². The van der Waals surface area contributed by atoms with Crippen LogP contribution in [-0.2, 0) is 27.4 Å². The molecule has 4 rings (SSSR count). The SMILES string of the molecule is COc1c2cc(C)cc1-c1cc(C)cc(c1N)-c1cc(C)cc(c1OC)COCCOCCOC2. The van der Waals surface area contributed by atoms with Crippen molar-refractivity contribution in [1.29, 1.82) is 0 Å². The molecule has 1 heterocycles. The molecule has 0 saturated carbocycles.